The van der Waals surface area contributed by atoms with Crippen LogP contribution in [0.3, 0.4) is 0 Å². The van der Waals surface area contributed by atoms with E-state index in [9.17, 15) is 25.5 Å². The van der Waals surface area contributed by atoms with Crippen LogP contribution in [0.1, 0.15) is 0 Å². The summed E-state index contributed by atoms with van der Waals surface area (Å²) in [4.78, 5) is 9.72. The molecule has 9 aromatic rings. The predicted octanol–water partition coefficient (Wildman–Crippen LogP) is -0.678. The summed E-state index contributed by atoms with van der Waals surface area (Å²) < 4.78 is 0. The minimum absolute atomic E-state index is 0.0174. The Labute approximate surface area is 321 Å². The van der Waals surface area contributed by atoms with Crippen molar-refractivity contribution in [1.82, 2.24) is 9.97 Å². The van der Waals surface area contributed by atoms with Crippen LogP contribution in [-0.4, -0.2) is 82.6 Å². The summed E-state index contributed by atoms with van der Waals surface area (Å²) >= 11 is 0. The molecule has 0 aliphatic rings. The Bertz CT molecular complexity index is 3120. The van der Waals surface area contributed by atoms with Gasteiger partial charge in [0, 0.05) is 16.5 Å². The molecule has 2 heterocycles. The first kappa shape index (κ1) is 34.3. The number of pyridine rings is 2. The highest BCUT2D eigenvalue weighted by atomic mass is 16.3. The van der Waals surface area contributed by atoms with E-state index in [2.05, 4.69) is 29.2 Å². The van der Waals surface area contributed by atoms with Gasteiger partial charge in [-0.15, -0.1) is 0 Å². The number of fused-ring (bicyclic) bond motifs is 6. The van der Waals surface area contributed by atoms with E-state index in [0.717, 1.165) is 54.5 Å². The maximum absolute atomic E-state index is 12.5. The standard InChI is InChI=1S/C42H32B6N2O5/c43-31-23(52)15-49-38-29(31)34(46)35(47)30-39(38)50-37(36(48)40(30)53)27-21-14-22(51)32(44)33(45)26(21)28(42(55)41(27)54)25-19-12-6-4-10-17(19)24(16-8-2-1-3-9-16)18-11-5-7-13-20(18)25/h1-15,51-52,54-55H,43-48H2,(H,50,53). The van der Waals surface area contributed by atoms with E-state index in [1.54, 1.807) is 13.9 Å². The fourth-order valence-corrected chi connectivity index (χ4v) is 8.74. The number of aromatic hydroxyl groups is 5. The topological polar surface area (TPSA) is 127 Å². The summed E-state index contributed by atoms with van der Waals surface area (Å²) in [5, 5.41) is 64.9. The molecule has 0 saturated heterocycles. The van der Waals surface area contributed by atoms with E-state index in [1.165, 1.54) is 6.20 Å². The van der Waals surface area contributed by atoms with Crippen molar-refractivity contribution in [3.05, 3.63) is 91.1 Å². The molecule has 258 valence electrons. The molecule has 9 rings (SSSR count). The molecular weight excluding hydrogens is 677 g/mol. The van der Waals surface area contributed by atoms with Gasteiger partial charge in [-0.05, 0) is 65.8 Å². The van der Waals surface area contributed by atoms with Crippen molar-refractivity contribution in [1.29, 1.82) is 0 Å². The Morgan fingerprint density at radius 3 is 1.55 bits per heavy atom. The zero-order valence-corrected chi connectivity index (χ0v) is 31.3. The van der Waals surface area contributed by atoms with Gasteiger partial charge in [-0.3, -0.25) is 4.98 Å². The average molecular weight is 710 g/mol. The second-order valence-electron chi connectivity index (χ2n) is 14.6. The van der Waals surface area contributed by atoms with Crippen molar-refractivity contribution < 1.29 is 25.5 Å². The van der Waals surface area contributed by atoms with Crippen LogP contribution in [0.4, 0.5) is 0 Å². The minimum Gasteiger partial charge on any atom is -0.509 e. The van der Waals surface area contributed by atoms with Crippen LogP contribution in [0.25, 0.3) is 87.6 Å². The number of nitrogens with zero attached hydrogens (tertiary/aromatic N) is 2. The molecule has 55 heavy (non-hydrogen) atoms. The number of rotatable bonds is 3. The minimum atomic E-state index is -0.435. The molecule has 0 spiro atoms. The Morgan fingerprint density at radius 1 is 0.400 bits per heavy atom. The van der Waals surface area contributed by atoms with Crippen molar-refractivity contribution in [2.75, 3.05) is 0 Å². The van der Waals surface area contributed by atoms with Gasteiger partial charge in [0.25, 0.3) is 0 Å². The smallest absolute Gasteiger partial charge is 0.168 e. The molecule has 7 aromatic carbocycles. The van der Waals surface area contributed by atoms with Crippen molar-refractivity contribution in [2.45, 2.75) is 0 Å². The Morgan fingerprint density at radius 2 is 0.927 bits per heavy atom. The van der Waals surface area contributed by atoms with Gasteiger partial charge < -0.3 is 25.5 Å². The third-order valence-electron chi connectivity index (χ3n) is 11.8. The summed E-state index contributed by atoms with van der Waals surface area (Å²) in [6, 6.07) is 28.0. The van der Waals surface area contributed by atoms with Gasteiger partial charge in [-0.2, -0.15) is 0 Å². The van der Waals surface area contributed by atoms with Crippen LogP contribution in [0.5, 0.6) is 28.7 Å². The Kier molecular flexibility index (Phi) is 7.66. The molecule has 0 aliphatic heterocycles. The number of benzene rings is 7. The van der Waals surface area contributed by atoms with Crippen molar-refractivity contribution in [3.63, 3.8) is 0 Å². The predicted molar refractivity (Wildman–Crippen MR) is 243 cm³/mol. The average Bonchev–Trinajstić information content (AvgIpc) is 3.19. The maximum Gasteiger partial charge on any atom is 0.168 e. The van der Waals surface area contributed by atoms with Crippen LogP contribution >= 0.6 is 0 Å². The van der Waals surface area contributed by atoms with Crippen molar-refractivity contribution in [2.24, 2.45) is 0 Å². The van der Waals surface area contributed by atoms with E-state index in [-0.39, 0.29) is 34.3 Å². The first-order valence-electron chi connectivity index (χ1n) is 18.2. The first-order chi connectivity index (χ1) is 26.4. The zero-order chi connectivity index (χ0) is 38.6. The van der Waals surface area contributed by atoms with E-state index >= 15 is 0 Å². The molecule has 5 N–H and O–H groups in total. The molecule has 0 bridgehead atoms. The number of hydrogen-bond donors (Lipinski definition) is 5. The van der Waals surface area contributed by atoms with E-state index in [4.69, 9.17) is 4.98 Å². The lowest BCUT2D eigenvalue weighted by Gasteiger charge is -2.24. The molecule has 0 aliphatic carbocycles. The molecule has 0 saturated carbocycles. The molecule has 0 atom stereocenters. The second-order valence-corrected chi connectivity index (χ2v) is 14.6. The molecule has 0 unspecified atom stereocenters. The van der Waals surface area contributed by atoms with E-state index < -0.39 is 5.75 Å². The normalized spacial score (nSPS) is 11.7. The third kappa shape index (κ3) is 4.72. The number of phenolic OH excluding ortho intramolecular Hbond substituents is 3. The lowest BCUT2D eigenvalue weighted by Crippen LogP contribution is -2.32. The van der Waals surface area contributed by atoms with Crippen LogP contribution in [0.2, 0.25) is 0 Å². The van der Waals surface area contributed by atoms with Crippen LogP contribution in [0, 0.1) is 0 Å². The van der Waals surface area contributed by atoms with Crippen molar-refractivity contribution in [3.8, 4) is 62.3 Å². The maximum atomic E-state index is 12.5. The van der Waals surface area contributed by atoms with Gasteiger partial charge in [0.15, 0.2) is 11.5 Å². The monoisotopic (exact) mass is 710 g/mol. The molecular formula is C42H32B6N2O5. The number of phenols is 3. The highest BCUT2D eigenvalue weighted by Crippen LogP contribution is 2.53. The lowest BCUT2D eigenvalue weighted by molar-refractivity contribution is 0.407. The molecule has 0 radical (unpaired) electrons. The summed E-state index contributed by atoms with van der Waals surface area (Å²) in [6.45, 7) is 0. The molecule has 7 nitrogen and oxygen atoms in total. The van der Waals surface area contributed by atoms with Gasteiger partial charge >= 0.3 is 0 Å². The molecule has 0 fully saturated rings. The SMILES string of the molecule is Bc1c(O)cc2c(-c3nc4c(c(B)c(B)c5c(B)c(O)cnc54)c(O)c3B)c(O)c(O)c(-c3c4ccccc4c(-c4ccccc4)c4ccccc34)c2c1B. The van der Waals surface area contributed by atoms with E-state index in [1.807, 2.05) is 93.8 Å². The van der Waals surface area contributed by atoms with Crippen LogP contribution in [-0.2, 0) is 0 Å². The first-order valence-corrected chi connectivity index (χ1v) is 18.2. The largest absolute Gasteiger partial charge is 0.509 e. The van der Waals surface area contributed by atoms with Crippen LogP contribution in [0.15, 0.2) is 91.1 Å². The summed E-state index contributed by atoms with van der Waals surface area (Å²) in [5.41, 5.74) is 8.56. The summed E-state index contributed by atoms with van der Waals surface area (Å²) in [7, 11) is 11.1. The van der Waals surface area contributed by atoms with Gasteiger partial charge in [0.1, 0.15) is 69.8 Å². The summed E-state index contributed by atoms with van der Waals surface area (Å²) in [5.74, 6) is -0.748. The van der Waals surface area contributed by atoms with Gasteiger partial charge in [-0.1, -0.05) is 101 Å². The molecule has 13 heteroatoms. The fraction of sp³-hybridized carbons (Fsp3) is 0. The van der Waals surface area contributed by atoms with Crippen molar-refractivity contribution >= 4 is 134 Å². The number of aromatic nitrogens is 2. The second kappa shape index (κ2) is 12.3. The zero-order valence-electron chi connectivity index (χ0n) is 31.3. The number of hydrogen-bond acceptors (Lipinski definition) is 7. The van der Waals surface area contributed by atoms with Crippen LogP contribution < -0.4 is 32.8 Å². The van der Waals surface area contributed by atoms with Gasteiger partial charge in [0.2, 0.25) is 0 Å². The fourth-order valence-electron chi connectivity index (χ4n) is 8.74. The molecule has 2 aromatic heterocycles. The third-order valence-corrected chi connectivity index (χ3v) is 11.8. The Hall–Kier alpha value is -6.47. The molecule has 0 amide bonds. The lowest BCUT2D eigenvalue weighted by atomic mass is 9.71. The highest BCUT2D eigenvalue weighted by molar-refractivity contribution is 6.61. The van der Waals surface area contributed by atoms with Gasteiger partial charge in [-0.25, -0.2) is 4.98 Å². The summed E-state index contributed by atoms with van der Waals surface area (Å²) in [6.07, 6.45) is 1.37. The quantitative estimate of drug-likeness (QED) is 0.0713. The Balaban J connectivity index is 1.47. The van der Waals surface area contributed by atoms with Gasteiger partial charge in [0.05, 0.1) is 23.0 Å². The highest BCUT2D eigenvalue weighted by Gasteiger charge is 2.30. The van der Waals surface area contributed by atoms with E-state index in [0.29, 0.717) is 54.6 Å².